The summed E-state index contributed by atoms with van der Waals surface area (Å²) in [6.45, 7) is 20.0. The van der Waals surface area contributed by atoms with E-state index in [1.54, 1.807) is 0 Å². The molecule has 0 aliphatic carbocycles. The highest BCUT2D eigenvalue weighted by atomic mass is 35.5. The first-order valence-corrected chi connectivity index (χ1v) is 12.2. The maximum absolute atomic E-state index is 6.53. The van der Waals surface area contributed by atoms with Crippen molar-refractivity contribution in [3.05, 3.63) is 28.8 Å². The molecule has 2 rings (SSSR count). The molecule has 0 atom stereocenters. The van der Waals surface area contributed by atoms with Crippen LogP contribution in [0.5, 0.6) is 0 Å². The Morgan fingerprint density at radius 2 is 1.60 bits per heavy atom. The lowest BCUT2D eigenvalue weighted by molar-refractivity contribution is 0.00578. The van der Waals surface area contributed by atoms with Crippen molar-refractivity contribution in [2.75, 3.05) is 0 Å². The molecule has 1 aromatic rings. The SMILES string of the molecule is CC1(C)OB(c2c(Cl)cccc2CO[Si](C)(C)C(C)(C)C)OC1(C)C. The van der Waals surface area contributed by atoms with Crippen LogP contribution in [0.2, 0.25) is 23.2 Å². The van der Waals surface area contributed by atoms with Gasteiger partial charge in [-0.2, -0.15) is 0 Å². The third kappa shape index (κ3) is 4.16. The molecule has 1 saturated heterocycles. The van der Waals surface area contributed by atoms with Crippen LogP contribution >= 0.6 is 11.6 Å². The van der Waals surface area contributed by atoms with Gasteiger partial charge >= 0.3 is 7.12 Å². The maximum atomic E-state index is 6.53. The summed E-state index contributed by atoms with van der Waals surface area (Å²) >= 11 is 6.53. The van der Waals surface area contributed by atoms with Crippen molar-refractivity contribution in [1.29, 1.82) is 0 Å². The smallest absolute Gasteiger partial charge is 0.413 e. The van der Waals surface area contributed by atoms with E-state index in [4.69, 9.17) is 25.3 Å². The van der Waals surface area contributed by atoms with Gasteiger partial charge in [0.25, 0.3) is 0 Å². The van der Waals surface area contributed by atoms with Crippen LogP contribution in [0, 0.1) is 0 Å². The van der Waals surface area contributed by atoms with Crippen molar-refractivity contribution in [3.8, 4) is 0 Å². The molecule has 6 heteroatoms. The van der Waals surface area contributed by atoms with Crippen molar-refractivity contribution in [2.24, 2.45) is 0 Å². The minimum absolute atomic E-state index is 0.163. The summed E-state index contributed by atoms with van der Waals surface area (Å²) in [6, 6.07) is 5.90. The van der Waals surface area contributed by atoms with E-state index in [0.717, 1.165) is 11.0 Å². The van der Waals surface area contributed by atoms with E-state index < -0.39 is 26.6 Å². The fraction of sp³-hybridized carbons (Fsp3) is 0.684. The van der Waals surface area contributed by atoms with E-state index in [1.165, 1.54) is 0 Å². The fourth-order valence-electron chi connectivity index (χ4n) is 2.41. The van der Waals surface area contributed by atoms with E-state index in [-0.39, 0.29) is 5.04 Å². The molecular formula is C19H32BClO3Si. The van der Waals surface area contributed by atoms with Gasteiger partial charge < -0.3 is 13.7 Å². The van der Waals surface area contributed by atoms with Crippen LogP contribution in [0.1, 0.15) is 54.0 Å². The minimum Gasteiger partial charge on any atom is -0.413 e. The summed E-state index contributed by atoms with van der Waals surface area (Å²) in [5.74, 6) is 0. The lowest BCUT2D eigenvalue weighted by atomic mass is 9.76. The Hall–Kier alpha value is -0.328. The first-order chi connectivity index (χ1) is 11.2. The predicted molar refractivity (Wildman–Crippen MR) is 109 cm³/mol. The lowest BCUT2D eigenvalue weighted by Crippen LogP contribution is -2.42. The second kappa shape index (κ2) is 6.68. The summed E-state index contributed by atoms with van der Waals surface area (Å²) in [4.78, 5) is 0. The van der Waals surface area contributed by atoms with Gasteiger partial charge in [-0.3, -0.25) is 0 Å². The maximum Gasteiger partial charge on any atom is 0.496 e. The van der Waals surface area contributed by atoms with Crippen molar-refractivity contribution in [3.63, 3.8) is 0 Å². The molecule has 1 aromatic carbocycles. The second-order valence-electron chi connectivity index (χ2n) is 9.45. The number of hydrogen-bond donors (Lipinski definition) is 0. The zero-order valence-corrected chi connectivity index (χ0v) is 18.9. The van der Waals surface area contributed by atoms with Gasteiger partial charge in [0.05, 0.1) is 17.8 Å². The molecule has 0 aromatic heterocycles. The number of benzene rings is 1. The molecule has 25 heavy (non-hydrogen) atoms. The van der Waals surface area contributed by atoms with E-state index in [9.17, 15) is 0 Å². The Kier molecular flexibility index (Phi) is 5.61. The Bertz CT molecular complexity index is 622. The Balaban J connectivity index is 2.30. The molecule has 0 spiro atoms. The topological polar surface area (TPSA) is 27.7 Å². The van der Waals surface area contributed by atoms with Crippen LogP contribution in [0.4, 0.5) is 0 Å². The summed E-state index contributed by atoms with van der Waals surface area (Å²) in [5, 5.41) is 0.825. The van der Waals surface area contributed by atoms with Gasteiger partial charge in [0.1, 0.15) is 0 Å². The van der Waals surface area contributed by atoms with Crippen molar-refractivity contribution in [1.82, 2.24) is 0 Å². The van der Waals surface area contributed by atoms with Gasteiger partial charge in [0.2, 0.25) is 0 Å². The van der Waals surface area contributed by atoms with Crippen molar-refractivity contribution >= 4 is 32.5 Å². The minimum atomic E-state index is -1.85. The molecule has 0 saturated carbocycles. The monoisotopic (exact) mass is 382 g/mol. The molecular weight excluding hydrogens is 351 g/mol. The largest absolute Gasteiger partial charge is 0.496 e. The van der Waals surface area contributed by atoms with Gasteiger partial charge in [-0.05, 0) is 57.5 Å². The van der Waals surface area contributed by atoms with Crippen LogP contribution in [0.25, 0.3) is 0 Å². The Morgan fingerprint density at radius 1 is 1.08 bits per heavy atom. The summed E-state index contributed by atoms with van der Waals surface area (Å²) in [5.41, 5.74) is 1.14. The molecule has 0 unspecified atom stereocenters. The molecule has 1 heterocycles. The van der Waals surface area contributed by atoms with Crippen LogP contribution in [-0.2, 0) is 20.3 Å². The summed E-state index contributed by atoms with van der Waals surface area (Å²) in [7, 11) is -2.32. The van der Waals surface area contributed by atoms with Gasteiger partial charge in [0, 0.05) is 10.5 Å². The average Bonchev–Trinajstić information content (AvgIpc) is 2.63. The Morgan fingerprint density at radius 3 is 2.08 bits per heavy atom. The first kappa shape index (κ1) is 21.0. The van der Waals surface area contributed by atoms with Crippen molar-refractivity contribution in [2.45, 2.75) is 84.4 Å². The van der Waals surface area contributed by atoms with Gasteiger partial charge in [-0.1, -0.05) is 44.5 Å². The molecule has 0 radical (unpaired) electrons. The number of halogens is 1. The molecule has 140 valence electrons. The third-order valence-electron chi connectivity index (χ3n) is 6.03. The van der Waals surface area contributed by atoms with Crippen molar-refractivity contribution < 1.29 is 13.7 Å². The Labute approximate surface area is 159 Å². The van der Waals surface area contributed by atoms with Gasteiger partial charge in [-0.25, -0.2) is 0 Å². The van der Waals surface area contributed by atoms with Crippen LogP contribution in [-0.4, -0.2) is 26.6 Å². The highest BCUT2D eigenvalue weighted by Gasteiger charge is 2.52. The average molecular weight is 383 g/mol. The van der Waals surface area contributed by atoms with Crippen LogP contribution < -0.4 is 5.46 Å². The van der Waals surface area contributed by atoms with E-state index in [2.05, 4.69) is 67.6 Å². The summed E-state index contributed by atoms with van der Waals surface area (Å²) < 4.78 is 18.8. The number of hydrogen-bond acceptors (Lipinski definition) is 3. The van der Waals surface area contributed by atoms with Gasteiger partial charge in [-0.15, -0.1) is 0 Å². The van der Waals surface area contributed by atoms with Crippen LogP contribution in [0.15, 0.2) is 18.2 Å². The number of rotatable bonds is 4. The predicted octanol–water partition coefficient (Wildman–Crippen LogP) is 5.16. The normalized spacial score (nSPS) is 20.2. The quantitative estimate of drug-likeness (QED) is 0.673. The molecule has 0 bridgehead atoms. The molecule has 3 nitrogen and oxygen atoms in total. The molecule has 1 aliphatic heterocycles. The highest BCUT2D eigenvalue weighted by molar-refractivity contribution is 6.74. The zero-order valence-electron chi connectivity index (χ0n) is 17.1. The van der Waals surface area contributed by atoms with E-state index in [1.807, 2.05) is 12.1 Å². The first-order valence-electron chi connectivity index (χ1n) is 8.95. The highest BCUT2D eigenvalue weighted by Crippen LogP contribution is 2.39. The third-order valence-corrected chi connectivity index (χ3v) is 10.8. The lowest BCUT2D eigenvalue weighted by Gasteiger charge is -2.36. The van der Waals surface area contributed by atoms with Gasteiger partial charge in [0.15, 0.2) is 8.32 Å². The summed E-state index contributed by atoms with van der Waals surface area (Å²) in [6.07, 6.45) is 0. The molecule has 1 aliphatic rings. The standard InChI is InChI=1S/C19H32BClO3Si/c1-17(2,3)25(8,9)22-13-14-11-10-12-15(21)16(14)20-23-18(4,5)19(6,7)24-20/h10-12H,13H2,1-9H3. The second-order valence-corrected chi connectivity index (χ2v) is 14.7. The zero-order chi connectivity index (χ0) is 19.3. The van der Waals surface area contributed by atoms with E-state index >= 15 is 0 Å². The molecule has 0 N–H and O–H groups in total. The molecule has 0 amide bonds. The molecule has 1 fully saturated rings. The van der Waals surface area contributed by atoms with Crippen LogP contribution in [0.3, 0.4) is 0 Å². The fourth-order valence-corrected chi connectivity index (χ4v) is 3.64. The van der Waals surface area contributed by atoms with E-state index in [0.29, 0.717) is 11.6 Å².